The Labute approximate surface area is 118 Å². The lowest BCUT2D eigenvalue weighted by Gasteiger charge is -2.07. The number of anilines is 1. The third kappa shape index (κ3) is 4.31. The number of nitrogens with one attached hydrogen (secondary N) is 1. The van der Waals surface area contributed by atoms with Crippen LogP contribution in [0.1, 0.15) is 6.42 Å². The number of benzene rings is 1. The summed E-state index contributed by atoms with van der Waals surface area (Å²) in [5.74, 6) is 1.19. The molecule has 0 aliphatic carbocycles. The molecule has 20 heavy (non-hydrogen) atoms. The van der Waals surface area contributed by atoms with Crippen molar-refractivity contribution in [3.05, 3.63) is 43.0 Å². The molecular weight excluding hydrogens is 254 g/mol. The number of methoxy groups -OCH3 is 1. The quantitative estimate of drug-likeness (QED) is 0.477. The Bertz CT molecular complexity index is 550. The number of aromatic nitrogens is 2. The van der Waals surface area contributed by atoms with Crippen LogP contribution >= 0.6 is 0 Å². The van der Waals surface area contributed by atoms with Crippen LogP contribution < -0.4 is 15.8 Å². The lowest BCUT2D eigenvalue weighted by Crippen LogP contribution is -2.23. The number of rotatable bonds is 6. The zero-order chi connectivity index (χ0) is 14.2. The van der Waals surface area contributed by atoms with Crippen LogP contribution in [0.25, 0.3) is 0 Å². The molecule has 0 saturated carbocycles. The fourth-order valence-corrected chi connectivity index (χ4v) is 1.76. The van der Waals surface area contributed by atoms with Crippen molar-refractivity contribution in [1.29, 1.82) is 0 Å². The molecule has 3 N–H and O–H groups in total. The first-order valence-electron chi connectivity index (χ1n) is 6.44. The molecule has 0 radical (unpaired) electrons. The Morgan fingerprint density at radius 2 is 2.40 bits per heavy atom. The van der Waals surface area contributed by atoms with Gasteiger partial charge in [-0.1, -0.05) is 6.07 Å². The van der Waals surface area contributed by atoms with Gasteiger partial charge in [0.2, 0.25) is 0 Å². The predicted octanol–water partition coefficient (Wildman–Crippen LogP) is 1.71. The van der Waals surface area contributed by atoms with E-state index in [0.29, 0.717) is 12.5 Å². The summed E-state index contributed by atoms with van der Waals surface area (Å²) in [6.07, 6.45) is 6.40. The Morgan fingerprint density at radius 3 is 3.15 bits per heavy atom. The van der Waals surface area contributed by atoms with Crippen LogP contribution in [0, 0.1) is 0 Å². The summed E-state index contributed by atoms with van der Waals surface area (Å²) in [5.41, 5.74) is 6.70. The van der Waals surface area contributed by atoms with E-state index in [1.807, 2.05) is 35.0 Å². The van der Waals surface area contributed by atoms with Crippen molar-refractivity contribution in [2.75, 3.05) is 19.0 Å². The zero-order valence-electron chi connectivity index (χ0n) is 11.5. The van der Waals surface area contributed by atoms with Gasteiger partial charge in [-0.2, -0.15) is 0 Å². The smallest absolute Gasteiger partial charge is 0.193 e. The van der Waals surface area contributed by atoms with Gasteiger partial charge in [0.15, 0.2) is 5.96 Å². The summed E-state index contributed by atoms with van der Waals surface area (Å²) in [7, 11) is 1.63. The number of nitrogens with zero attached hydrogens (tertiary/aromatic N) is 3. The van der Waals surface area contributed by atoms with Gasteiger partial charge < -0.3 is 20.4 Å². The molecule has 1 aromatic heterocycles. The van der Waals surface area contributed by atoms with Crippen molar-refractivity contribution in [1.82, 2.24) is 9.55 Å². The lowest BCUT2D eigenvalue weighted by atomic mass is 10.3. The molecule has 6 nitrogen and oxygen atoms in total. The molecule has 2 rings (SSSR count). The molecule has 6 heteroatoms. The fraction of sp³-hybridized carbons (Fsp3) is 0.286. The second kappa shape index (κ2) is 7.18. The summed E-state index contributed by atoms with van der Waals surface area (Å²) >= 11 is 0. The minimum absolute atomic E-state index is 0.406. The summed E-state index contributed by atoms with van der Waals surface area (Å²) in [4.78, 5) is 8.27. The van der Waals surface area contributed by atoms with Gasteiger partial charge in [0.25, 0.3) is 0 Å². The molecule has 0 spiro atoms. The summed E-state index contributed by atoms with van der Waals surface area (Å²) in [6, 6.07) is 7.56. The highest BCUT2D eigenvalue weighted by atomic mass is 16.5. The van der Waals surface area contributed by atoms with E-state index in [1.54, 1.807) is 19.6 Å². The summed E-state index contributed by atoms with van der Waals surface area (Å²) in [6.45, 7) is 1.55. The van der Waals surface area contributed by atoms with Crippen molar-refractivity contribution in [3.63, 3.8) is 0 Å². The van der Waals surface area contributed by atoms with Crippen molar-refractivity contribution in [2.45, 2.75) is 13.0 Å². The largest absolute Gasteiger partial charge is 0.497 e. The lowest BCUT2D eigenvalue weighted by molar-refractivity contribution is 0.415. The first-order chi connectivity index (χ1) is 9.78. The Hall–Kier alpha value is -2.50. The molecular formula is C14H19N5O. The van der Waals surface area contributed by atoms with E-state index >= 15 is 0 Å². The van der Waals surface area contributed by atoms with Crippen molar-refractivity contribution < 1.29 is 4.74 Å². The van der Waals surface area contributed by atoms with Gasteiger partial charge in [-0.15, -0.1) is 0 Å². The van der Waals surface area contributed by atoms with Gasteiger partial charge in [-0.25, -0.2) is 4.98 Å². The molecule has 106 valence electrons. The minimum Gasteiger partial charge on any atom is -0.497 e. The van der Waals surface area contributed by atoms with Crippen molar-refractivity contribution in [2.24, 2.45) is 10.7 Å². The topological polar surface area (TPSA) is 77.5 Å². The average molecular weight is 273 g/mol. The van der Waals surface area contributed by atoms with Gasteiger partial charge in [-0.05, 0) is 18.6 Å². The van der Waals surface area contributed by atoms with E-state index in [0.717, 1.165) is 24.4 Å². The van der Waals surface area contributed by atoms with Crippen molar-refractivity contribution >= 4 is 11.6 Å². The van der Waals surface area contributed by atoms with E-state index < -0.39 is 0 Å². The monoisotopic (exact) mass is 273 g/mol. The highest BCUT2D eigenvalue weighted by Crippen LogP contribution is 2.16. The number of imidazole rings is 1. The van der Waals surface area contributed by atoms with Crippen LogP contribution in [0.4, 0.5) is 5.69 Å². The van der Waals surface area contributed by atoms with Crippen LogP contribution in [0.3, 0.4) is 0 Å². The highest BCUT2D eigenvalue weighted by Gasteiger charge is 1.97. The number of hydrogen-bond donors (Lipinski definition) is 2. The van der Waals surface area contributed by atoms with Gasteiger partial charge in [0.05, 0.1) is 13.4 Å². The molecule has 0 aliphatic heterocycles. The van der Waals surface area contributed by atoms with Crippen LogP contribution in [0.2, 0.25) is 0 Å². The first kappa shape index (κ1) is 13.9. The van der Waals surface area contributed by atoms with E-state index in [2.05, 4.69) is 15.3 Å². The third-order valence-electron chi connectivity index (χ3n) is 2.76. The highest BCUT2D eigenvalue weighted by molar-refractivity contribution is 5.92. The Balaban J connectivity index is 1.78. The number of aliphatic imine (C=N–C) groups is 1. The average Bonchev–Trinajstić information content (AvgIpc) is 2.97. The maximum Gasteiger partial charge on any atom is 0.193 e. The second-order valence-corrected chi connectivity index (χ2v) is 4.28. The SMILES string of the molecule is COc1cccc(NC(N)=NCCCn2ccnc2)c1. The van der Waals surface area contributed by atoms with E-state index in [1.165, 1.54) is 0 Å². The maximum atomic E-state index is 5.84. The molecule has 0 saturated heterocycles. The molecule has 0 aliphatic rings. The van der Waals surface area contributed by atoms with Gasteiger partial charge in [0.1, 0.15) is 5.75 Å². The summed E-state index contributed by atoms with van der Waals surface area (Å²) < 4.78 is 7.16. The number of guanidine groups is 1. The van der Waals surface area contributed by atoms with Gasteiger partial charge >= 0.3 is 0 Å². The number of aryl methyl sites for hydroxylation is 1. The normalized spacial score (nSPS) is 11.3. The van der Waals surface area contributed by atoms with Crippen LogP contribution in [0.15, 0.2) is 48.0 Å². The molecule has 2 aromatic rings. The number of nitrogens with two attached hydrogens (primary N) is 1. The maximum absolute atomic E-state index is 5.84. The molecule has 0 atom stereocenters. The molecule has 0 amide bonds. The van der Waals surface area contributed by atoms with Gasteiger partial charge in [0, 0.05) is 37.2 Å². The molecule has 0 fully saturated rings. The number of hydrogen-bond acceptors (Lipinski definition) is 3. The molecule has 1 aromatic carbocycles. The second-order valence-electron chi connectivity index (χ2n) is 4.28. The zero-order valence-corrected chi connectivity index (χ0v) is 11.5. The van der Waals surface area contributed by atoms with Crippen molar-refractivity contribution in [3.8, 4) is 5.75 Å². The van der Waals surface area contributed by atoms with Crippen LogP contribution in [-0.4, -0.2) is 29.2 Å². The predicted molar refractivity (Wildman–Crippen MR) is 80.0 cm³/mol. The standard InChI is InChI=1S/C14H19N5O/c1-20-13-5-2-4-12(10-13)18-14(15)17-6-3-8-19-9-7-16-11-19/h2,4-5,7,9-11H,3,6,8H2,1H3,(H3,15,17,18). The van der Waals surface area contributed by atoms with Crippen LogP contribution in [0.5, 0.6) is 5.75 Å². The molecule has 0 unspecified atom stereocenters. The summed E-state index contributed by atoms with van der Waals surface area (Å²) in [5, 5.41) is 3.04. The van der Waals surface area contributed by atoms with E-state index in [-0.39, 0.29) is 0 Å². The minimum atomic E-state index is 0.406. The fourth-order valence-electron chi connectivity index (χ4n) is 1.76. The first-order valence-corrected chi connectivity index (χ1v) is 6.44. The van der Waals surface area contributed by atoms with E-state index in [9.17, 15) is 0 Å². The third-order valence-corrected chi connectivity index (χ3v) is 2.76. The Morgan fingerprint density at radius 1 is 1.50 bits per heavy atom. The Kier molecular flexibility index (Phi) is 5.00. The number of ether oxygens (including phenoxy) is 1. The van der Waals surface area contributed by atoms with Gasteiger partial charge in [-0.3, -0.25) is 4.99 Å². The molecule has 1 heterocycles. The molecule has 0 bridgehead atoms. The van der Waals surface area contributed by atoms with E-state index in [4.69, 9.17) is 10.5 Å². The van der Waals surface area contributed by atoms with Crippen LogP contribution in [-0.2, 0) is 6.54 Å².